The van der Waals surface area contributed by atoms with Gasteiger partial charge in [0.15, 0.2) is 0 Å². The first-order valence-corrected chi connectivity index (χ1v) is 11.6. The molecule has 1 aliphatic heterocycles. The van der Waals surface area contributed by atoms with E-state index in [0.29, 0.717) is 18.2 Å². The van der Waals surface area contributed by atoms with E-state index in [1.807, 2.05) is 4.90 Å². The van der Waals surface area contributed by atoms with Crippen LogP contribution in [0, 0.1) is 17.8 Å². The molecule has 1 aliphatic carbocycles. The number of unbranched alkanes of at least 4 members (excludes halogenated alkanes) is 3. The van der Waals surface area contributed by atoms with Crippen molar-refractivity contribution < 1.29 is 27.8 Å². The number of carboxylic acids is 1. The van der Waals surface area contributed by atoms with Gasteiger partial charge in [-0.3, -0.25) is 0 Å². The maximum absolute atomic E-state index is 12.4. The van der Waals surface area contributed by atoms with Crippen LogP contribution in [0.15, 0.2) is 24.3 Å². The SMILES string of the molecule is CCCCCCC1CCC([C@H]2CCN(c3ccc(OC(F)(F)F)cc3)[C@@H]2C(=O)O)CC1. The van der Waals surface area contributed by atoms with Crippen LogP contribution < -0.4 is 9.64 Å². The van der Waals surface area contributed by atoms with Crippen molar-refractivity contribution in [3.05, 3.63) is 24.3 Å². The molecule has 1 N–H and O–H groups in total. The van der Waals surface area contributed by atoms with Crippen LogP contribution in [0.5, 0.6) is 5.75 Å². The molecule has 0 amide bonds. The fourth-order valence-corrected chi connectivity index (χ4v) is 5.52. The number of nitrogens with zero attached hydrogens (tertiary/aromatic N) is 1. The van der Waals surface area contributed by atoms with E-state index in [1.165, 1.54) is 69.2 Å². The lowest BCUT2D eigenvalue weighted by Crippen LogP contribution is -2.42. The number of rotatable bonds is 9. The minimum atomic E-state index is -4.74. The Kier molecular flexibility index (Phi) is 8.11. The average molecular weight is 442 g/mol. The zero-order chi connectivity index (χ0) is 22.4. The number of hydrogen-bond acceptors (Lipinski definition) is 3. The Morgan fingerprint density at radius 2 is 1.74 bits per heavy atom. The van der Waals surface area contributed by atoms with Crippen LogP contribution in [0.1, 0.15) is 71.1 Å². The molecule has 1 aromatic rings. The van der Waals surface area contributed by atoms with Crippen molar-refractivity contribution in [3.63, 3.8) is 0 Å². The Morgan fingerprint density at radius 1 is 1.06 bits per heavy atom. The predicted octanol–water partition coefficient (Wildman–Crippen LogP) is 6.64. The predicted molar refractivity (Wildman–Crippen MR) is 114 cm³/mol. The molecular weight excluding hydrogens is 407 g/mol. The van der Waals surface area contributed by atoms with Crippen LogP contribution >= 0.6 is 0 Å². The molecule has 0 spiro atoms. The third kappa shape index (κ3) is 6.53. The standard InChI is InChI=1S/C24H34F3NO3/c1-2-3-4-5-6-17-7-9-18(10-8-17)21-15-16-28(22(21)23(29)30)19-11-13-20(14-12-19)31-24(25,26)27/h11-14,17-18,21-22H,2-10,15-16H2,1H3,(H,29,30)/t17?,18?,21-,22+/m1/s1. The van der Waals surface area contributed by atoms with Crippen LogP contribution in [0.3, 0.4) is 0 Å². The van der Waals surface area contributed by atoms with Crippen molar-refractivity contribution in [2.75, 3.05) is 11.4 Å². The van der Waals surface area contributed by atoms with E-state index in [0.717, 1.165) is 25.2 Å². The number of carbonyl (C=O) groups is 1. The number of aliphatic carboxylic acids is 1. The summed E-state index contributed by atoms with van der Waals surface area (Å²) >= 11 is 0. The first-order valence-electron chi connectivity index (χ1n) is 11.6. The molecule has 1 aromatic carbocycles. The summed E-state index contributed by atoms with van der Waals surface area (Å²) in [6.07, 6.45) is 7.05. The lowest BCUT2D eigenvalue weighted by Gasteiger charge is -2.35. The highest BCUT2D eigenvalue weighted by Crippen LogP contribution is 2.43. The van der Waals surface area contributed by atoms with E-state index in [9.17, 15) is 23.1 Å². The monoisotopic (exact) mass is 441 g/mol. The topological polar surface area (TPSA) is 49.8 Å². The molecule has 3 rings (SSSR count). The highest BCUT2D eigenvalue weighted by molar-refractivity contribution is 5.79. The maximum atomic E-state index is 12.4. The number of ether oxygens (including phenoxy) is 1. The Hall–Kier alpha value is -1.92. The molecule has 0 aromatic heterocycles. The Balaban J connectivity index is 1.58. The van der Waals surface area contributed by atoms with Crippen molar-refractivity contribution in [2.45, 2.75) is 83.5 Å². The van der Waals surface area contributed by atoms with E-state index < -0.39 is 18.4 Å². The second-order valence-corrected chi connectivity index (χ2v) is 9.10. The van der Waals surface area contributed by atoms with Crippen molar-refractivity contribution >= 4 is 11.7 Å². The van der Waals surface area contributed by atoms with Crippen LogP contribution in [0.2, 0.25) is 0 Å². The summed E-state index contributed by atoms with van der Waals surface area (Å²) in [6.45, 7) is 2.83. The Morgan fingerprint density at radius 3 is 2.32 bits per heavy atom. The summed E-state index contributed by atoms with van der Waals surface area (Å²) in [4.78, 5) is 14.0. The summed E-state index contributed by atoms with van der Waals surface area (Å²) < 4.78 is 41.1. The van der Waals surface area contributed by atoms with Gasteiger partial charge in [0, 0.05) is 12.2 Å². The number of alkyl halides is 3. The molecule has 0 unspecified atom stereocenters. The smallest absolute Gasteiger partial charge is 0.480 e. The molecular formula is C24H34F3NO3. The molecule has 1 saturated heterocycles. The first kappa shape index (κ1) is 23.7. The van der Waals surface area contributed by atoms with Crippen LogP contribution in [-0.2, 0) is 4.79 Å². The molecule has 31 heavy (non-hydrogen) atoms. The van der Waals surface area contributed by atoms with Gasteiger partial charge in [0.1, 0.15) is 11.8 Å². The van der Waals surface area contributed by atoms with Gasteiger partial charge in [-0.15, -0.1) is 13.2 Å². The minimum absolute atomic E-state index is 0.0876. The normalized spacial score (nSPS) is 26.8. The van der Waals surface area contributed by atoms with Gasteiger partial charge in [0.25, 0.3) is 0 Å². The quantitative estimate of drug-likeness (QED) is 0.436. The van der Waals surface area contributed by atoms with Crippen LogP contribution in [0.25, 0.3) is 0 Å². The van der Waals surface area contributed by atoms with E-state index in [2.05, 4.69) is 11.7 Å². The van der Waals surface area contributed by atoms with E-state index >= 15 is 0 Å². The van der Waals surface area contributed by atoms with Gasteiger partial charge in [-0.2, -0.15) is 0 Å². The Bertz CT molecular complexity index is 699. The van der Waals surface area contributed by atoms with Gasteiger partial charge in [-0.25, -0.2) is 4.79 Å². The highest BCUT2D eigenvalue weighted by atomic mass is 19.4. The zero-order valence-corrected chi connectivity index (χ0v) is 18.2. The largest absolute Gasteiger partial charge is 0.573 e. The summed E-state index contributed by atoms with van der Waals surface area (Å²) in [7, 11) is 0. The van der Waals surface area contributed by atoms with Gasteiger partial charge in [-0.05, 0) is 61.3 Å². The minimum Gasteiger partial charge on any atom is -0.480 e. The molecule has 2 atom stereocenters. The molecule has 7 heteroatoms. The van der Waals surface area contributed by atoms with Crippen molar-refractivity contribution in [2.24, 2.45) is 17.8 Å². The number of anilines is 1. The van der Waals surface area contributed by atoms with Crippen molar-refractivity contribution in [3.8, 4) is 5.75 Å². The van der Waals surface area contributed by atoms with E-state index in [-0.39, 0.29) is 11.7 Å². The van der Waals surface area contributed by atoms with Gasteiger partial charge >= 0.3 is 12.3 Å². The van der Waals surface area contributed by atoms with Gasteiger partial charge < -0.3 is 14.7 Å². The molecule has 0 bridgehead atoms. The number of hydrogen-bond donors (Lipinski definition) is 1. The molecule has 1 heterocycles. The first-order chi connectivity index (χ1) is 14.8. The summed E-state index contributed by atoms with van der Waals surface area (Å²) in [5.74, 6) is 0.126. The van der Waals surface area contributed by atoms with Crippen LogP contribution in [0.4, 0.5) is 18.9 Å². The highest BCUT2D eigenvalue weighted by Gasteiger charge is 2.44. The fourth-order valence-electron chi connectivity index (χ4n) is 5.52. The molecule has 4 nitrogen and oxygen atoms in total. The second-order valence-electron chi connectivity index (χ2n) is 9.10. The van der Waals surface area contributed by atoms with E-state index in [1.54, 1.807) is 0 Å². The number of carboxylic acid groups (broad SMARTS) is 1. The number of benzene rings is 1. The summed E-state index contributed by atoms with van der Waals surface area (Å²) in [5, 5.41) is 9.96. The average Bonchev–Trinajstić information content (AvgIpc) is 3.16. The third-order valence-electron chi connectivity index (χ3n) is 7.06. The lowest BCUT2D eigenvalue weighted by atomic mass is 9.72. The molecule has 174 valence electrons. The summed E-state index contributed by atoms with van der Waals surface area (Å²) in [6, 6.07) is 4.91. The molecule has 2 aliphatic rings. The van der Waals surface area contributed by atoms with Gasteiger partial charge in [0.05, 0.1) is 0 Å². The van der Waals surface area contributed by atoms with Crippen molar-refractivity contribution in [1.82, 2.24) is 0 Å². The van der Waals surface area contributed by atoms with Crippen molar-refractivity contribution in [1.29, 1.82) is 0 Å². The van der Waals surface area contributed by atoms with Gasteiger partial charge in [0.2, 0.25) is 0 Å². The number of halogens is 3. The Labute approximate surface area is 182 Å². The maximum Gasteiger partial charge on any atom is 0.573 e. The van der Waals surface area contributed by atoms with Gasteiger partial charge in [-0.1, -0.05) is 51.9 Å². The lowest BCUT2D eigenvalue weighted by molar-refractivity contribution is -0.274. The molecule has 2 fully saturated rings. The molecule has 1 saturated carbocycles. The summed E-state index contributed by atoms with van der Waals surface area (Å²) in [5.41, 5.74) is 0.633. The second kappa shape index (κ2) is 10.6. The zero-order valence-electron chi connectivity index (χ0n) is 18.2. The third-order valence-corrected chi connectivity index (χ3v) is 7.06. The fraction of sp³-hybridized carbons (Fsp3) is 0.708. The van der Waals surface area contributed by atoms with E-state index in [4.69, 9.17) is 0 Å². The van der Waals surface area contributed by atoms with Crippen LogP contribution in [-0.4, -0.2) is 30.0 Å². The molecule has 0 radical (unpaired) electrons.